The molecule has 0 fully saturated rings. The first-order valence-corrected chi connectivity index (χ1v) is 6.46. The van der Waals surface area contributed by atoms with Crippen LogP contribution in [0.25, 0.3) is 0 Å². The van der Waals surface area contributed by atoms with Gasteiger partial charge in [0, 0.05) is 19.6 Å². The molecule has 0 aromatic carbocycles. The van der Waals surface area contributed by atoms with Gasteiger partial charge in [-0.05, 0) is 13.8 Å². The van der Waals surface area contributed by atoms with Gasteiger partial charge >= 0.3 is 16.3 Å². The van der Waals surface area contributed by atoms with Gasteiger partial charge in [0.05, 0.1) is 6.10 Å². The topological polar surface area (TPSA) is 102 Å². The van der Waals surface area contributed by atoms with E-state index in [-0.39, 0.29) is 25.7 Å². The Morgan fingerprint density at radius 1 is 1.50 bits per heavy atom. The number of rotatable bonds is 6. The Morgan fingerprint density at radius 2 is 2.06 bits per heavy atom. The van der Waals surface area contributed by atoms with Crippen molar-refractivity contribution >= 4 is 16.3 Å². The van der Waals surface area contributed by atoms with E-state index in [9.17, 15) is 13.2 Å². The highest BCUT2D eigenvalue weighted by Crippen LogP contribution is 1.98. The summed E-state index contributed by atoms with van der Waals surface area (Å²) in [4.78, 5) is 11.1. The van der Waals surface area contributed by atoms with Gasteiger partial charge in [0.2, 0.25) is 0 Å². The molecule has 16 heavy (non-hydrogen) atoms. The summed E-state index contributed by atoms with van der Waals surface area (Å²) in [7, 11) is -3.85. The van der Waals surface area contributed by atoms with Gasteiger partial charge in [-0.25, -0.2) is 9.52 Å². The number of nitrogens with one attached hydrogen (secondary N) is 1. The predicted octanol–water partition coefficient (Wildman–Crippen LogP) is -0.354. The third-order valence-electron chi connectivity index (χ3n) is 1.63. The number of ether oxygens (including phenoxy) is 1. The minimum Gasteiger partial charge on any atom is -0.446 e. The van der Waals surface area contributed by atoms with Crippen molar-refractivity contribution in [1.82, 2.24) is 9.03 Å². The molecule has 0 rings (SSSR count). The van der Waals surface area contributed by atoms with E-state index < -0.39 is 16.3 Å². The van der Waals surface area contributed by atoms with Crippen molar-refractivity contribution < 1.29 is 17.9 Å². The van der Waals surface area contributed by atoms with Crippen molar-refractivity contribution in [2.24, 2.45) is 5.73 Å². The second kappa shape index (κ2) is 6.66. The number of hydrogen-bond acceptors (Lipinski definition) is 5. The Morgan fingerprint density at radius 3 is 2.44 bits per heavy atom. The van der Waals surface area contributed by atoms with Crippen LogP contribution in [0.15, 0.2) is 0 Å². The van der Waals surface area contributed by atoms with Gasteiger partial charge in [-0.2, -0.15) is 12.7 Å². The molecule has 0 atom stereocenters. The predicted molar refractivity (Wildman–Crippen MR) is 60.0 cm³/mol. The quantitative estimate of drug-likeness (QED) is 0.673. The fourth-order valence-corrected chi connectivity index (χ4v) is 2.07. The first kappa shape index (κ1) is 15.1. The van der Waals surface area contributed by atoms with Gasteiger partial charge in [0.1, 0.15) is 0 Å². The molecule has 7 nitrogen and oxygen atoms in total. The summed E-state index contributed by atoms with van der Waals surface area (Å²) in [6, 6.07) is 0. The summed E-state index contributed by atoms with van der Waals surface area (Å²) in [5.41, 5.74) is 5.26. The van der Waals surface area contributed by atoms with Crippen LogP contribution >= 0.6 is 0 Å². The van der Waals surface area contributed by atoms with Crippen molar-refractivity contribution in [2.75, 3.05) is 19.6 Å². The van der Waals surface area contributed by atoms with E-state index in [4.69, 9.17) is 5.73 Å². The number of carbonyl (C=O) groups excluding carboxylic acids is 1. The molecular weight excluding hydrogens is 234 g/mol. The first-order chi connectivity index (χ1) is 7.33. The molecule has 96 valence electrons. The Bertz CT molecular complexity index is 315. The molecule has 8 heteroatoms. The third-order valence-corrected chi connectivity index (χ3v) is 3.17. The number of nitrogens with two attached hydrogens (primary N) is 1. The minimum atomic E-state index is -3.85. The molecule has 3 N–H and O–H groups in total. The van der Waals surface area contributed by atoms with Gasteiger partial charge in [-0.3, -0.25) is 0 Å². The van der Waals surface area contributed by atoms with E-state index >= 15 is 0 Å². The summed E-state index contributed by atoms with van der Waals surface area (Å²) >= 11 is 0. The van der Waals surface area contributed by atoms with Crippen molar-refractivity contribution in [3.63, 3.8) is 0 Å². The maximum Gasteiger partial charge on any atom is 0.422 e. The first-order valence-electron chi connectivity index (χ1n) is 5.02. The van der Waals surface area contributed by atoms with Crippen molar-refractivity contribution in [3.8, 4) is 0 Å². The van der Waals surface area contributed by atoms with Crippen molar-refractivity contribution in [2.45, 2.75) is 26.9 Å². The van der Waals surface area contributed by atoms with E-state index in [0.29, 0.717) is 0 Å². The summed E-state index contributed by atoms with van der Waals surface area (Å²) in [5.74, 6) is 0. The molecule has 0 aliphatic carbocycles. The van der Waals surface area contributed by atoms with Crippen LogP contribution in [0, 0.1) is 0 Å². The zero-order valence-electron chi connectivity index (χ0n) is 9.76. The Balaban J connectivity index is 4.48. The zero-order chi connectivity index (χ0) is 12.8. The highest BCUT2D eigenvalue weighted by Gasteiger charge is 2.23. The molecule has 0 unspecified atom stereocenters. The van der Waals surface area contributed by atoms with Crippen LogP contribution in [0.2, 0.25) is 0 Å². The second-order valence-electron chi connectivity index (χ2n) is 3.34. The lowest BCUT2D eigenvalue weighted by molar-refractivity contribution is 0.121. The standard InChI is InChI=1S/C8H19N3O4S/c1-4-11(6-5-9)16(13,14)10-8(12)15-7(2)3/h7H,4-6,9H2,1-3H3,(H,10,12). The van der Waals surface area contributed by atoms with Gasteiger partial charge in [0.15, 0.2) is 0 Å². The molecule has 0 aromatic rings. The summed E-state index contributed by atoms with van der Waals surface area (Å²) in [6.07, 6.45) is -1.36. The lowest BCUT2D eigenvalue weighted by Gasteiger charge is -2.19. The molecule has 0 heterocycles. The summed E-state index contributed by atoms with van der Waals surface area (Å²) in [5, 5.41) is 0. The van der Waals surface area contributed by atoms with Crippen LogP contribution < -0.4 is 10.5 Å². The molecule has 0 spiro atoms. The number of hydrogen-bond donors (Lipinski definition) is 2. The van der Waals surface area contributed by atoms with Crippen LogP contribution in [0.3, 0.4) is 0 Å². The van der Waals surface area contributed by atoms with Crippen LogP contribution in [-0.4, -0.2) is 44.6 Å². The van der Waals surface area contributed by atoms with E-state index in [0.717, 1.165) is 4.31 Å². The Hall–Kier alpha value is -0.860. The monoisotopic (exact) mass is 253 g/mol. The second-order valence-corrected chi connectivity index (χ2v) is 5.01. The largest absolute Gasteiger partial charge is 0.446 e. The molecule has 0 saturated heterocycles. The van der Waals surface area contributed by atoms with E-state index in [1.165, 1.54) is 0 Å². The number of carbonyl (C=O) groups is 1. The molecule has 0 radical (unpaired) electrons. The Kier molecular flexibility index (Phi) is 6.31. The van der Waals surface area contributed by atoms with Crippen LogP contribution in [-0.2, 0) is 14.9 Å². The molecule has 0 saturated carbocycles. The minimum absolute atomic E-state index is 0.154. The molecule has 0 aliphatic rings. The SMILES string of the molecule is CCN(CCN)S(=O)(=O)NC(=O)OC(C)C. The lowest BCUT2D eigenvalue weighted by atomic mass is 10.5. The average molecular weight is 253 g/mol. The number of amides is 1. The highest BCUT2D eigenvalue weighted by atomic mass is 32.2. The summed E-state index contributed by atoms with van der Waals surface area (Å²) in [6.45, 7) is 5.49. The van der Waals surface area contributed by atoms with E-state index in [1.807, 2.05) is 0 Å². The fourth-order valence-electron chi connectivity index (χ4n) is 1.00. The van der Waals surface area contributed by atoms with Gasteiger partial charge in [-0.15, -0.1) is 0 Å². The molecule has 1 amide bonds. The van der Waals surface area contributed by atoms with Crippen LogP contribution in [0.1, 0.15) is 20.8 Å². The molecule has 0 aromatic heterocycles. The average Bonchev–Trinajstić information content (AvgIpc) is 2.11. The van der Waals surface area contributed by atoms with Gasteiger partial charge in [0.25, 0.3) is 0 Å². The van der Waals surface area contributed by atoms with E-state index in [1.54, 1.807) is 25.5 Å². The highest BCUT2D eigenvalue weighted by molar-refractivity contribution is 7.87. The smallest absolute Gasteiger partial charge is 0.422 e. The zero-order valence-corrected chi connectivity index (χ0v) is 10.6. The lowest BCUT2D eigenvalue weighted by Crippen LogP contribution is -2.45. The van der Waals surface area contributed by atoms with Gasteiger partial charge in [-0.1, -0.05) is 6.92 Å². The normalized spacial score (nSPS) is 11.9. The third kappa shape index (κ3) is 5.29. The van der Waals surface area contributed by atoms with Crippen molar-refractivity contribution in [1.29, 1.82) is 0 Å². The van der Waals surface area contributed by atoms with E-state index in [2.05, 4.69) is 4.74 Å². The maximum atomic E-state index is 11.6. The maximum absolute atomic E-state index is 11.6. The molecule has 0 aliphatic heterocycles. The molecule has 0 bridgehead atoms. The Labute approximate surface area is 96.1 Å². The fraction of sp³-hybridized carbons (Fsp3) is 0.875. The number of likely N-dealkylation sites (N-methyl/N-ethyl adjacent to an activating group) is 1. The van der Waals surface area contributed by atoms with Crippen LogP contribution in [0.4, 0.5) is 4.79 Å². The molecular formula is C8H19N3O4S. The van der Waals surface area contributed by atoms with Gasteiger partial charge < -0.3 is 10.5 Å². The summed E-state index contributed by atoms with van der Waals surface area (Å²) < 4.78 is 30.7. The van der Waals surface area contributed by atoms with Crippen molar-refractivity contribution in [3.05, 3.63) is 0 Å². The van der Waals surface area contributed by atoms with Crippen LogP contribution in [0.5, 0.6) is 0 Å². The number of nitrogens with zero attached hydrogens (tertiary/aromatic N) is 1.